The minimum Gasteiger partial charge on any atom is -0.487 e. The summed E-state index contributed by atoms with van der Waals surface area (Å²) in [5, 5.41) is 4.52. The van der Waals surface area contributed by atoms with Crippen molar-refractivity contribution in [1.29, 1.82) is 0 Å². The van der Waals surface area contributed by atoms with E-state index in [-0.39, 0.29) is 6.10 Å². The van der Waals surface area contributed by atoms with Crippen LogP contribution in [0.3, 0.4) is 0 Å². The molecule has 0 spiro atoms. The standard InChI is InChI=1S/C17H24N2O2/c1-13(2)10-18-11-16(12-20-3)21-15-7-6-14-5-4-8-19-17(14)9-15/h4-9,13,16,18H,10-12H2,1-3H3. The molecule has 0 saturated heterocycles. The molecule has 114 valence electrons. The zero-order chi connectivity index (χ0) is 15.1. The van der Waals surface area contributed by atoms with Crippen molar-refractivity contribution >= 4 is 10.9 Å². The van der Waals surface area contributed by atoms with Gasteiger partial charge in [-0.3, -0.25) is 4.98 Å². The van der Waals surface area contributed by atoms with E-state index >= 15 is 0 Å². The number of nitrogens with one attached hydrogen (secondary N) is 1. The number of hydrogen-bond donors (Lipinski definition) is 1. The first-order chi connectivity index (χ1) is 10.2. The van der Waals surface area contributed by atoms with Crippen LogP contribution >= 0.6 is 0 Å². The van der Waals surface area contributed by atoms with Crippen molar-refractivity contribution in [2.75, 3.05) is 26.8 Å². The number of fused-ring (bicyclic) bond motifs is 1. The Kier molecular flexibility index (Phi) is 5.96. The second-order valence-electron chi connectivity index (χ2n) is 5.61. The van der Waals surface area contributed by atoms with Crippen LogP contribution in [0.4, 0.5) is 0 Å². The van der Waals surface area contributed by atoms with Crippen molar-refractivity contribution < 1.29 is 9.47 Å². The Morgan fingerprint density at radius 2 is 2.05 bits per heavy atom. The zero-order valence-corrected chi connectivity index (χ0v) is 13.0. The van der Waals surface area contributed by atoms with E-state index in [9.17, 15) is 0 Å². The summed E-state index contributed by atoms with van der Waals surface area (Å²) < 4.78 is 11.3. The van der Waals surface area contributed by atoms with Crippen LogP contribution in [0.5, 0.6) is 5.75 Å². The van der Waals surface area contributed by atoms with Crippen LogP contribution < -0.4 is 10.1 Å². The fraction of sp³-hybridized carbons (Fsp3) is 0.471. The van der Waals surface area contributed by atoms with Crippen LogP contribution in [-0.2, 0) is 4.74 Å². The van der Waals surface area contributed by atoms with E-state index in [1.54, 1.807) is 13.3 Å². The molecule has 0 saturated carbocycles. The van der Waals surface area contributed by atoms with E-state index in [2.05, 4.69) is 24.1 Å². The molecule has 0 amide bonds. The predicted octanol–water partition coefficient (Wildman–Crippen LogP) is 2.87. The highest BCUT2D eigenvalue weighted by molar-refractivity contribution is 5.79. The Morgan fingerprint density at radius 3 is 2.81 bits per heavy atom. The van der Waals surface area contributed by atoms with E-state index in [1.807, 2.05) is 30.3 Å². The number of methoxy groups -OCH3 is 1. The largest absolute Gasteiger partial charge is 0.487 e. The molecule has 0 aliphatic rings. The Balaban J connectivity index is 2.00. The summed E-state index contributed by atoms with van der Waals surface area (Å²) in [6.45, 7) is 6.68. The number of nitrogens with zero attached hydrogens (tertiary/aromatic N) is 1. The average Bonchev–Trinajstić information content (AvgIpc) is 2.47. The fourth-order valence-corrected chi connectivity index (χ4v) is 2.17. The summed E-state index contributed by atoms with van der Waals surface area (Å²) in [5.41, 5.74) is 0.946. The summed E-state index contributed by atoms with van der Waals surface area (Å²) >= 11 is 0. The van der Waals surface area contributed by atoms with Crippen molar-refractivity contribution in [2.24, 2.45) is 5.92 Å². The van der Waals surface area contributed by atoms with E-state index in [0.29, 0.717) is 12.5 Å². The maximum Gasteiger partial charge on any atom is 0.134 e. The molecule has 1 unspecified atom stereocenters. The molecule has 4 nitrogen and oxygen atoms in total. The number of pyridine rings is 1. The highest BCUT2D eigenvalue weighted by Crippen LogP contribution is 2.19. The van der Waals surface area contributed by atoms with Crippen molar-refractivity contribution in [3.63, 3.8) is 0 Å². The molecular weight excluding hydrogens is 264 g/mol. The number of rotatable bonds is 8. The van der Waals surface area contributed by atoms with Gasteiger partial charge in [0, 0.05) is 31.3 Å². The Hall–Kier alpha value is -1.65. The fourth-order valence-electron chi connectivity index (χ4n) is 2.17. The smallest absolute Gasteiger partial charge is 0.134 e. The van der Waals surface area contributed by atoms with E-state index in [1.165, 1.54) is 0 Å². The van der Waals surface area contributed by atoms with E-state index in [4.69, 9.17) is 9.47 Å². The van der Waals surface area contributed by atoms with Gasteiger partial charge in [-0.1, -0.05) is 19.9 Å². The van der Waals surface area contributed by atoms with Crippen LogP contribution in [0.15, 0.2) is 36.5 Å². The average molecular weight is 288 g/mol. The molecule has 1 N–H and O–H groups in total. The first-order valence-electron chi connectivity index (χ1n) is 7.40. The molecule has 0 aliphatic carbocycles. The molecule has 0 bridgehead atoms. The molecule has 21 heavy (non-hydrogen) atoms. The first kappa shape index (κ1) is 15.7. The third kappa shape index (κ3) is 4.99. The number of hydrogen-bond acceptors (Lipinski definition) is 4. The van der Waals surface area contributed by atoms with E-state index in [0.717, 1.165) is 29.7 Å². The molecule has 0 aliphatic heterocycles. The molecule has 1 heterocycles. The van der Waals surface area contributed by atoms with Crippen molar-refractivity contribution in [2.45, 2.75) is 20.0 Å². The summed E-state index contributed by atoms with van der Waals surface area (Å²) in [7, 11) is 1.70. The van der Waals surface area contributed by atoms with Gasteiger partial charge in [0.2, 0.25) is 0 Å². The lowest BCUT2D eigenvalue weighted by Crippen LogP contribution is -2.36. The molecule has 1 aromatic carbocycles. The van der Waals surface area contributed by atoms with Crippen LogP contribution in [-0.4, -0.2) is 37.9 Å². The van der Waals surface area contributed by atoms with Gasteiger partial charge in [0.05, 0.1) is 12.1 Å². The molecule has 2 aromatic rings. The molecule has 4 heteroatoms. The first-order valence-corrected chi connectivity index (χ1v) is 7.40. The number of ether oxygens (including phenoxy) is 2. The summed E-state index contributed by atoms with van der Waals surface area (Å²) in [5.74, 6) is 1.45. The lowest BCUT2D eigenvalue weighted by Gasteiger charge is -2.20. The monoisotopic (exact) mass is 288 g/mol. The van der Waals surface area contributed by atoms with Gasteiger partial charge in [0.15, 0.2) is 0 Å². The zero-order valence-electron chi connectivity index (χ0n) is 13.0. The maximum atomic E-state index is 6.02. The van der Waals surface area contributed by atoms with Crippen LogP contribution in [0.2, 0.25) is 0 Å². The predicted molar refractivity (Wildman–Crippen MR) is 85.7 cm³/mol. The minimum absolute atomic E-state index is 0.00471. The van der Waals surface area contributed by atoms with Gasteiger partial charge in [0.1, 0.15) is 11.9 Å². The molecule has 2 rings (SSSR count). The third-order valence-electron chi connectivity index (χ3n) is 3.16. The summed E-state index contributed by atoms with van der Waals surface area (Å²) in [6.07, 6.45) is 1.79. The van der Waals surface area contributed by atoms with Gasteiger partial charge >= 0.3 is 0 Å². The van der Waals surface area contributed by atoms with Crippen molar-refractivity contribution in [3.8, 4) is 5.75 Å². The third-order valence-corrected chi connectivity index (χ3v) is 3.16. The topological polar surface area (TPSA) is 43.4 Å². The molecular formula is C17H24N2O2. The van der Waals surface area contributed by atoms with Gasteiger partial charge < -0.3 is 14.8 Å². The van der Waals surface area contributed by atoms with Gasteiger partial charge in [-0.2, -0.15) is 0 Å². The second kappa shape index (κ2) is 7.96. The Morgan fingerprint density at radius 1 is 1.19 bits per heavy atom. The summed E-state index contributed by atoms with van der Waals surface area (Å²) in [6, 6.07) is 9.97. The normalized spacial score (nSPS) is 12.8. The molecule has 1 aromatic heterocycles. The highest BCUT2D eigenvalue weighted by atomic mass is 16.5. The van der Waals surface area contributed by atoms with Crippen molar-refractivity contribution in [3.05, 3.63) is 36.5 Å². The maximum absolute atomic E-state index is 6.02. The van der Waals surface area contributed by atoms with E-state index < -0.39 is 0 Å². The summed E-state index contributed by atoms with van der Waals surface area (Å²) in [4.78, 5) is 4.35. The quantitative estimate of drug-likeness (QED) is 0.811. The second-order valence-corrected chi connectivity index (χ2v) is 5.61. The molecule has 0 radical (unpaired) electrons. The van der Waals surface area contributed by atoms with Crippen LogP contribution in [0.25, 0.3) is 10.9 Å². The van der Waals surface area contributed by atoms with Gasteiger partial charge in [-0.05, 0) is 30.7 Å². The number of benzene rings is 1. The Bertz CT molecular complexity index is 557. The highest BCUT2D eigenvalue weighted by Gasteiger charge is 2.11. The lowest BCUT2D eigenvalue weighted by atomic mass is 10.2. The van der Waals surface area contributed by atoms with Gasteiger partial charge in [0.25, 0.3) is 0 Å². The van der Waals surface area contributed by atoms with Crippen molar-refractivity contribution in [1.82, 2.24) is 10.3 Å². The minimum atomic E-state index is -0.00471. The van der Waals surface area contributed by atoms with Gasteiger partial charge in [-0.25, -0.2) is 0 Å². The van der Waals surface area contributed by atoms with Gasteiger partial charge in [-0.15, -0.1) is 0 Å². The molecule has 0 fully saturated rings. The molecule has 1 atom stereocenters. The van der Waals surface area contributed by atoms with Crippen LogP contribution in [0.1, 0.15) is 13.8 Å². The Labute approximate surface area is 126 Å². The van der Waals surface area contributed by atoms with Crippen LogP contribution in [0, 0.1) is 5.92 Å². The lowest BCUT2D eigenvalue weighted by molar-refractivity contribution is 0.0803. The number of aromatic nitrogens is 1. The SMILES string of the molecule is COCC(CNCC(C)C)Oc1ccc2cccnc2c1.